The third-order valence-corrected chi connectivity index (χ3v) is 5.19. The quantitative estimate of drug-likeness (QED) is 0.829. The van der Waals surface area contributed by atoms with E-state index in [0.717, 1.165) is 18.4 Å². The van der Waals surface area contributed by atoms with Gasteiger partial charge in [0, 0.05) is 29.2 Å². The number of rotatable bonds is 4. The summed E-state index contributed by atoms with van der Waals surface area (Å²) in [5.41, 5.74) is 0.833. The Morgan fingerprint density at radius 2 is 1.77 bits per heavy atom. The molecule has 122 valence electrons. The third kappa shape index (κ3) is 4.15. The van der Waals surface area contributed by atoms with Gasteiger partial charge in [-0.25, -0.2) is 0 Å². The molecule has 1 fully saturated rings. The fourth-order valence-electron chi connectivity index (χ4n) is 3.28. The second-order valence-electron chi connectivity index (χ2n) is 6.30. The minimum atomic E-state index is 0.114. The van der Waals surface area contributed by atoms with E-state index in [1.165, 1.54) is 12.8 Å². The zero-order valence-corrected chi connectivity index (χ0v) is 15.0. The predicted molar refractivity (Wildman–Crippen MR) is 92.7 cm³/mol. The molecule has 1 amide bonds. The van der Waals surface area contributed by atoms with Crippen LogP contribution in [0.3, 0.4) is 0 Å². The van der Waals surface area contributed by atoms with Gasteiger partial charge in [-0.05, 0) is 44.6 Å². The molecule has 0 saturated heterocycles. The van der Waals surface area contributed by atoms with E-state index in [2.05, 4.69) is 19.0 Å². The van der Waals surface area contributed by atoms with Crippen LogP contribution in [0.25, 0.3) is 0 Å². The average Bonchev–Trinajstić information content (AvgIpc) is 2.49. The van der Waals surface area contributed by atoms with Crippen molar-refractivity contribution in [3.8, 4) is 0 Å². The van der Waals surface area contributed by atoms with Crippen LogP contribution < -0.4 is 0 Å². The molecule has 0 bridgehead atoms. The second-order valence-corrected chi connectivity index (χ2v) is 7.14. The number of hydrogen-bond acceptors (Lipinski definition) is 2. The maximum absolute atomic E-state index is 12.6. The fourth-order valence-corrected chi connectivity index (χ4v) is 3.76. The molecule has 0 spiro atoms. The van der Waals surface area contributed by atoms with Gasteiger partial charge in [-0.15, -0.1) is 0 Å². The number of amides is 1. The van der Waals surface area contributed by atoms with E-state index in [4.69, 9.17) is 23.2 Å². The van der Waals surface area contributed by atoms with Crippen molar-refractivity contribution < 1.29 is 4.79 Å². The van der Waals surface area contributed by atoms with Crippen molar-refractivity contribution in [1.29, 1.82) is 0 Å². The fraction of sp³-hybridized carbons (Fsp3) is 0.588. The highest BCUT2D eigenvalue weighted by Gasteiger charge is 2.32. The number of halogens is 2. The van der Waals surface area contributed by atoms with Crippen molar-refractivity contribution in [3.05, 3.63) is 33.8 Å². The maximum atomic E-state index is 12.6. The van der Waals surface area contributed by atoms with Gasteiger partial charge in [-0.3, -0.25) is 4.79 Å². The number of carbonyl (C=O) groups is 1. The van der Waals surface area contributed by atoms with Crippen LogP contribution in [0.4, 0.5) is 0 Å². The van der Waals surface area contributed by atoms with Gasteiger partial charge in [0.05, 0.1) is 6.42 Å². The molecule has 5 heteroatoms. The van der Waals surface area contributed by atoms with Gasteiger partial charge in [0.25, 0.3) is 0 Å². The first-order valence-corrected chi connectivity index (χ1v) is 8.51. The molecular weight excluding hydrogens is 319 g/mol. The van der Waals surface area contributed by atoms with Crippen molar-refractivity contribution >= 4 is 29.1 Å². The van der Waals surface area contributed by atoms with Crippen molar-refractivity contribution in [2.75, 3.05) is 21.1 Å². The molecule has 0 aromatic heterocycles. The molecule has 22 heavy (non-hydrogen) atoms. The molecule has 1 unspecified atom stereocenters. The number of likely N-dealkylation sites (N-methyl/N-ethyl adjacent to an activating group) is 2. The number of nitrogens with zero attached hydrogens (tertiary/aromatic N) is 2. The lowest BCUT2D eigenvalue weighted by atomic mass is 9.88. The highest BCUT2D eigenvalue weighted by atomic mass is 35.5. The molecule has 1 saturated carbocycles. The second kappa shape index (κ2) is 7.67. The summed E-state index contributed by atoms with van der Waals surface area (Å²) in [6, 6.07) is 6.01. The zero-order chi connectivity index (χ0) is 16.3. The van der Waals surface area contributed by atoms with Crippen LogP contribution in [-0.2, 0) is 11.2 Å². The highest BCUT2D eigenvalue weighted by molar-refractivity contribution is 6.35. The summed E-state index contributed by atoms with van der Waals surface area (Å²) in [5.74, 6) is 0.114. The zero-order valence-electron chi connectivity index (χ0n) is 13.5. The van der Waals surface area contributed by atoms with E-state index >= 15 is 0 Å². The van der Waals surface area contributed by atoms with Crippen LogP contribution in [0.15, 0.2) is 18.2 Å². The van der Waals surface area contributed by atoms with Crippen LogP contribution in [0.5, 0.6) is 0 Å². The molecule has 0 aliphatic heterocycles. The molecular formula is C17H24Cl2N2O. The monoisotopic (exact) mass is 342 g/mol. The first-order chi connectivity index (χ1) is 10.4. The Morgan fingerprint density at radius 3 is 2.36 bits per heavy atom. The summed E-state index contributed by atoms with van der Waals surface area (Å²) in [5, 5.41) is 1.15. The lowest BCUT2D eigenvalue weighted by Gasteiger charge is -2.41. The number of carbonyl (C=O) groups excluding carboxylic acids is 1. The van der Waals surface area contributed by atoms with Crippen LogP contribution >= 0.6 is 23.2 Å². The van der Waals surface area contributed by atoms with E-state index in [-0.39, 0.29) is 11.9 Å². The first kappa shape index (κ1) is 17.6. The largest absolute Gasteiger partial charge is 0.341 e. The molecule has 2 rings (SSSR count). The van der Waals surface area contributed by atoms with E-state index < -0.39 is 0 Å². The summed E-state index contributed by atoms with van der Waals surface area (Å²) in [7, 11) is 6.10. The smallest absolute Gasteiger partial charge is 0.227 e. The maximum Gasteiger partial charge on any atom is 0.227 e. The Hall–Kier alpha value is -0.770. The normalized spacial score (nSPS) is 21.9. The molecule has 1 aromatic carbocycles. The van der Waals surface area contributed by atoms with Gasteiger partial charge >= 0.3 is 0 Å². The van der Waals surface area contributed by atoms with Gasteiger partial charge in [0.2, 0.25) is 5.91 Å². The van der Waals surface area contributed by atoms with Crippen molar-refractivity contribution in [3.63, 3.8) is 0 Å². The van der Waals surface area contributed by atoms with Crippen molar-refractivity contribution in [2.45, 2.75) is 44.2 Å². The van der Waals surface area contributed by atoms with Gasteiger partial charge in [0.15, 0.2) is 0 Å². The molecule has 1 aromatic rings. The Labute approximate surface area is 143 Å². The summed E-state index contributed by atoms with van der Waals surface area (Å²) < 4.78 is 0. The lowest BCUT2D eigenvalue weighted by Crippen LogP contribution is -2.52. The lowest BCUT2D eigenvalue weighted by molar-refractivity contribution is -0.133. The topological polar surface area (TPSA) is 23.6 Å². The van der Waals surface area contributed by atoms with E-state index in [1.807, 2.05) is 18.0 Å². The molecule has 0 heterocycles. The first-order valence-electron chi connectivity index (χ1n) is 7.76. The van der Waals surface area contributed by atoms with Crippen molar-refractivity contribution in [1.82, 2.24) is 9.80 Å². The van der Waals surface area contributed by atoms with Crippen LogP contribution in [0.1, 0.15) is 31.2 Å². The van der Waals surface area contributed by atoms with Gasteiger partial charge in [-0.1, -0.05) is 42.1 Å². The Balaban J connectivity index is 2.07. The van der Waals surface area contributed by atoms with Crippen molar-refractivity contribution in [2.24, 2.45) is 0 Å². The van der Waals surface area contributed by atoms with Crippen LogP contribution in [0.2, 0.25) is 10.0 Å². The minimum absolute atomic E-state index is 0.114. The number of benzene rings is 1. The Kier molecular flexibility index (Phi) is 6.13. The van der Waals surface area contributed by atoms with E-state index in [0.29, 0.717) is 22.5 Å². The minimum Gasteiger partial charge on any atom is -0.341 e. The van der Waals surface area contributed by atoms with Gasteiger partial charge in [0.1, 0.15) is 0 Å². The van der Waals surface area contributed by atoms with Gasteiger partial charge in [-0.2, -0.15) is 0 Å². The predicted octanol–water partition coefficient (Wildman–Crippen LogP) is 3.87. The summed E-state index contributed by atoms with van der Waals surface area (Å²) in [6.07, 6.45) is 4.97. The SMILES string of the molecule is CN(C(=O)Cc1ccc(Cl)cc1Cl)C1CCCC[C@@H]1N(C)C. The van der Waals surface area contributed by atoms with Gasteiger partial charge < -0.3 is 9.80 Å². The molecule has 3 nitrogen and oxygen atoms in total. The highest BCUT2D eigenvalue weighted by Crippen LogP contribution is 2.27. The molecule has 1 aliphatic rings. The molecule has 0 N–H and O–H groups in total. The van der Waals surface area contributed by atoms with E-state index in [1.54, 1.807) is 12.1 Å². The summed E-state index contributed by atoms with van der Waals surface area (Å²) in [6.45, 7) is 0. The summed E-state index contributed by atoms with van der Waals surface area (Å²) in [4.78, 5) is 16.8. The Morgan fingerprint density at radius 1 is 1.14 bits per heavy atom. The average molecular weight is 343 g/mol. The van der Waals surface area contributed by atoms with Crippen LogP contribution in [0, 0.1) is 0 Å². The molecule has 1 aliphatic carbocycles. The number of hydrogen-bond donors (Lipinski definition) is 0. The van der Waals surface area contributed by atoms with Crippen LogP contribution in [-0.4, -0.2) is 48.9 Å². The Bertz CT molecular complexity index is 533. The molecule has 2 atom stereocenters. The standard InChI is InChI=1S/C17H24Cl2N2O/c1-20(2)15-6-4-5-7-16(15)21(3)17(22)10-12-8-9-13(18)11-14(12)19/h8-9,11,15-16H,4-7,10H2,1-3H3/t15-,16?/m0/s1. The van der Waals surface area contributed by atoms with E-state index in [9.17, 15) is 4.79 Å². The summed E-state index contributed by atoms with van der Waals surface area (Å²) >= 11 is 12.1. The molecule has 0 radical (unpaired) electrons. The third-order valence-electron chi connectivity index (χ3n) is 4.60.